The van der Waals surface area contributed by atoms with Gasteiger partial charge in [-0.1, -0.05) is 12.8 Å². The minimum atomic E-state index is -1.01. The second kappa shape index (κ2) is 5.36. The van der Waals surface area contributed by atoms with Crippen molar-refractivity contribution in [3.8, 4) is 0 Å². The van der Waals surface area contributed by atoms with Gasteiger partial charge in [-0.05, 0) is 37.8 Å². The van der Waals surface area contributed by atoms with Gasteiger partial charge in [0.25, 0.3) is 0 Å². The van der Waals surface area contributed by atoms with E-state index in [1.54, 1.807) is 6.07 Å². The topological polar surface area (TPSA) is 62.5 Å². The quantitative estimate of drug-likeness (QED) is 0.826. The highest BCUT2D eigenvalue weighted by atomic mass is 16.4. The highest BCUT2D eigenvalue weighted by molar-refractivity contribution is 5.84. The van der Waals surface area contributed by atoms with E-state index in [9.17, 15) is 4.79 Å². The minimum absolute atomic E-state index is 0.00956. The molecule has 0 amide bonds. The van der Waals surface area contributed by atoms with Crippen molar-refractivity contribution in [2.24, 2.45) is 5.92 Å². The fourth-order valence-electron chi connectivity index (χ4n) is 2.47. The van der Waals surface area contributed by atoms with Crippen LogP contribution in [0.25, 0.3) is 0 Å². The van der Waals surface area contributed by atoms with Crippen molar-refractivity contribution in [2.75, 3.05) is 0 Å². The summed E-state index contributed by atoms with van der Waals surface area (Å²) in [5.74, 6) is 0.437. The van der Waals surface area contributed by atoms with Crippen molar-refractivity contribution in [3.05, 3.63) is 23.7 Å². The lowest BCUT2D eigenvalue weighted by molar-refractivity contribution is 0.0660. The first-order valence-electron chi connectivity index (χ1n) is 6.22. The predicted octanol–water partition coefficient (Wildman–Crippen LogP) is 2.65. The van der Waals surface area contributed by atoms with Crippen molar-refractivity contribution < 1.29 is 14.3 Å². The molecule has 2 N–H and O–H groups in total. The molecule has 1 aliphatic carbocycles. The number of furan rings is 1. The molecule has 1 atom stereocenters. The van der Waals surface area contributed by atoms with Crippen LogP contribution in [0.15, 0.2) is 16.5 Å². The smallest absolute Gasteiger partial charge is 0.371 e. The van der Waals surface area contributed by atoms with Crippen LogP contribution >= 0.6 is 0 Å². The molecule has 0 aromatic carbocycles. The molecule has 17 heavy (non-hydrogen) atoms. The van der Waals surface area contributed by atoms with Crippen molar-refractivity contribution in [1.82, 2.24) is 5.32 Å². The molecule has 4 heteroatoms. The van der Waals surface area contributed by atoms with Gasteiger partial charge in [0.2, 0.25) is 5.76 Å². The van der Waals surface area contributed by atoms with E-state index in [0.29, 0.717) is 18.3 Å². The van der Waals surface area contributed by atoms with Gasteiger partial charge in [0.1, 0.15) is 5.76 Å². The zero-order valence-electron chi connectivity index (χ0n) is 10.1. The van der Waals surface area contributed by atoms with Crippen LogP contribution < -0.4 is 5.32 Å². The van der Waals surface area contributed by atoms with Gasteiger partial charge in [0.15, 0.2) is 0 Å². The van der Waals surface area contributed by atoms with Crippen molar-refractivity contribution in [3.63, 3.8) is 0 Å². The Labute approximate surface area is 101 Å². The summed E-state index contributed by atoms with van der Waals surface area (Å²) >= 11 is 0. The fraction of sp³-hybridized carbons (Fsp3) is 0.615. The van der Waals surface area contributed by atoms with Gasteiger partial charge < -0.3 is 14.8 Å². The Morgan fingerprint density at radius 1 is 1.53 bits per heavy atom. The van der Waals surface area contributed by atoms with E-state index < -0.39 is 5.97 Å². The van der Waals surface area contributed by atoms with Gasteiger partial charge in [-0.15, -0.1) is 0 Å². The minimum Gasteiger partial charge on any atom is -0.475 e. The van der Waals surface area contributed by atoms with Crippen LogP contribution in [0.2, 0.25) is 0 Å². The summed E-state index contributed by atoms with van der Waals surface area (Å²) < 4.78 is 5.20. The number of carboxylic acids is 1. The van der Waals surface area contributed by atoms with Gasteiger partial charge in [-0.3, -0.25) is 0 Å². The maximum atomic E-state index is 10.6. The monoisotopic (exact) mass is 237 g/mol. The zero-order valence-corrected chi connectivity index (χ0v) is 10.1. The molecule has 0 spiro atoms. The highest BCUT2D eigenvalue weighted by Crippen LogP contribution is 2.27. The van der Waals surface area contributed by atoms with Gasteiger partial charge in [-0.25, -0.2) is 4.79 Å². The lowest BCUT2D eigenvalue weighted by atomic mass is 10.00. The van der Waals surface area contributed by atoms with Gasteiger partial charge in [-0.2, -0.15) is 0 Å². The number of nitrogens with one attached hydrogen (secondary N) is 1. The maximum Gasteiger partial charge on any atom is 0.371 e. The van der Waals surface area contributed by atoms with E-state index in [4.69, 9.17) is 9.52 Å². The Morgan fingerprint density at radius 3 is 2.82 bits per heavy atom. The lowest BCUT2D eigenvalue weighted by Crippen LogP contribution is -2.31. The molecule has 1 fully saturated rings. The van der Waals surface area contributed by atoms with Crippen LogP contribution in [-0.4, -0.2) is 17.1 Å². The Bertz CT molecular complexity index is 380. The number of hydrogen-bond acceptors (Lipinski definition) is 3. The molecule has 0 unspecified atom stereocenters. The molecule has 1 heterocycles. The Hall–Kier alpha value is -1.29. The summed E-state index contributed by atoms with van der Waals surface area (Å²) in [6, 6.07) is 3.69. The van der Waals surface area contributed by atoms with Crippen LogP contribution in [0.1, 0.15) is 48.9 Å². The SMILES string of the molecule is C[C@@H](NCc1ccc(C(=O)O)o1)C1CCCC1. The van der Waals surface area contributed by atoms with Gasteiger partial charge in [0, 0.05) is 6.04 Å². The summed E-state index contributed by atoms with van der Waals surface area (Å²) in [6.07, 6.45) is 5.26. The van der Waals surface area contributed by atoms with Crippen LogP contribution in [0, 0.1) is 5.92 Å². The molecular weight excluding hydrogens is 218 g/mol. The lowest BCUT2D eigenvalue weighted by Gasteiger charge is -2.19. The molecule has 94 valence electrons. The van der Waals surface area contributed by atoms with E-state index >= 15 is 0 Å². The molecule has 1 aromatic heterocycles. The number of hydrogen-bond donors (Lipinski definition) is 2. The third-order valence-electron chi connectivity index (χ3n) is 3.58. The summed E-state index contributed by atoms with van der Waals surface area (Å²) in [5.41, 5.74) is 0. The molecule has 1 aromatic rings. The van der Waals surface area contributed by atoms with Crippen molar-refractivity contribution in [2.45, 2.75) is 45.2 Å². The Kier molecular flexibility index (Phi) is 3.84. The molecular formula is C13H19NO3. The average molecular weight is 237 g/mol. The van der Waals surface area contributed by atoms with Crippen LogP contribution in [-0.2, 0) is 6.54 Å². The zero-order chi connectivity index (χ0) is 12.3. The summed E-state index contributed by atoms with van der Waals surface area (Å²) in [7, 11) is 0. The third-order valence-corrected chi connectivity index (χ3v) is 3.58. The number of aromatic carboxylic acids is 1. The summed E-state index contributed by atoms with van der Waals surface area (Å²) in [6.45, 7) is 2.79. The number of carboxylic acid groups (broad SMARTS) is 1. The van der Waals surface area contributed by atoms with Crippen molar-refractivity contribution in [1.29, 1.82) is 0 Å². The standard InChI is InChI=1S/C13H19NO3/c1-9(10-4-2-3-5-10)14-8-11-6-7-12(17-11)13(15)16/h6-7,9-10,14H,2-5,8H2,1H3,(H,15,16)/t9-/m1/s1. The largest absolute Gasteiger partial charge is 0.475 e. The summed E-state index contributed by atoms with van der Waals surface area (Å²) in [5, 5.41) is 12.1. The second-order valence-electron chi connectivity index (χ2n) is 4.79. The highest BCUT2D eigenvalue weighted by Gasteiger charge is 2.21. The van der Waals surface area contributed by atoms with Gasteiger partial charge >= 0.3 is 5.97 Å². The van der Waals surface area contributed by atoms with Crippen LogP contribution in [0.5, 0.6) is 0 Å². The Balaban J connectivity index is 1.82. The second-order valence-corrected chi connectivity index (χ2v) is 4.79. The van der Waals surface area contributed by atoms with Crippen LogP contribution in [0.3, 0.4) is 0 Å². The molecule has 0 aliphatic heterocycles. The maximum absolute atomic E-state index is 10.6. The predicted molar refractivity (Wildman–Crippen MR) is 63.9 cm³/mol. The fourth-order valence-corrected chi connectivity index (χ4v) is 2.47. The van der Waals surface area contributed by atoms with Crippen LogP contribution in [0.4, 0.5) is 0 Å². The third kappa shape index (κ3) is 3.09. The molecule has 1 aliphatic rings. The first-order valence-corrected chi connectivity index (χ1v) is 6.22. The van der Waals surface area contributed by atoms with E-state index in [0.717, 1.165) is 5.92 Å². The van der Waals surface area contributed by atoms with E-state index in [-0.39, 0.29) is 5.76 Å². The Morgan fingerprint density at radius 2 is 2.24 bits per heavy atom. The molecule has 2 rings (SSSR count). The van der Waals surface area contributed by atoms with E-state index in [1.807, 2.05) is 0 Å². The molecule has 0 radical (unpaired) electrons. The van der Waals surface area contributed by atoms with E-state index in [1.165, 1.54) is 31.7 Å². The molecule has 0 saturated heterocycles. The first kappa shape index (κ1) is 12.2. The average Bonchev–Trinajstić information content (AvgIpc) is 2.97. The molecule has 0 bridgehead atoms. The summed E-state index contributed by atoms with van der Waals surface area (Å²) in [4.78, 5) is 10.6. The first-order chi connectivity index (χ1) is 8.16. The van der Waals surface area contributed by atoms with E-state index in [2.05, 4.69) is 12.2 Å². The van der Waals surface area contributed by atoms with Crippen molar-refractivity contribution >= 4 is 5.97 Å². The molecule has 1 saturated carbocycles. The normalized spacial score (nSPS) is 18.4. The number of rotatable bonds is 5. The molecule has 4 nitrogen and oxygen atoms in total. The van der Waals surface area contributed by atoms with Gasteiger partial charge in [0.05, 0.1) is 6.54 Å². The number of carbonyl (C=O) groups is 1.